The first-order valence-electron chi connectivity index (χ1n) is 11.4. The standard InChI is InChI=1S/C22H29N9O3/c1-4-31-20(15-10-24-14(3)25-11-15)29-18-19(26-13-27-21(18)31)28-16-7-9-30(12-16)22(33)23-8-6-17(32)34-5-2/h10-11,13,16H,4-9,12H2,1-3H3,(H,23,33)(H,26,27,28). The molecule has 3 aromatic heterocycles. The highest BCUT2D eigenvalue weighted by molar-refractivity contribution is 5.86. The third-order valence-corrected chi connectivity index (χ3v) is 5.61. The Morgan fingerprint density at radius 3 is 2.71 bits per heavy atom. The number of likely N-dealkylation sites (tertiary alicyclic amines) is 1. The molecule has 3 aromatic rings. The Morgan fingerprint density at radius 1 is 1.18 bits per heavy atom. The molecule has 1 saturated heterocycles. The monoisotopic (exact) mass is 467 g/mol. The van der Waals surface area contributed by atoms with Gasteiger partial charge in [-0.1, -0.05) is 0 Å². The maximum Gasteiger partial charge on any atom is 0.317 e. The minimum absolute atomic E-state index is 0.0202. The fraction of sp³-hybridized carbons (Fsp3) is 0.500. The minimum atomic E-state index is -0.320. The summed E-state index contributed by atoms with van der Waals surface area (Å²) in [6.07, 6.45) is 5.95. The molecule has 1 aliphatic heterocycles. The van der Waals surface area contributed by atoms with Crippen molar-refractivity contribution in [2.24, 2.45) is 0 Å². The van der Waals surface area contributed by atoms with E-state index in [1.165, 1.54) is 6.33 Å². The summed E-state index contributed by atoms with van der Waals surface area (Å²) in [5, 5.41) is 6.20. The van der Waals surface area contributed by atoms with Crippen LogP contribution >= 0.6 is 0 Å². The molecule has 1 unspecified atom stereocenters. The van der Waals surface area contributed by atoms with E-state index in [0.717, 1.165) is 23.5 Å². The Morgan fingerprint density at radius 2 is 1.97 bits per heavy atom. The van der Waals surface area contributed by atoms with Gasteiger partial charge in [0.1, 0.15) is 18.0 Å². The van der Waals surface area contributed by atoms with E-state index >= 15 is 0 Å². The molecule has 12 heteroatoms. The maximum absolute atomic E-state index is 12.4. The van der Waals surface area contributed by atoms with Gasteiger partial charge in [0, 0.05) is 44.6 Å². The van der Waals surface area contributed by atoms with Gasteiger partial charge in [0.05, 0.1) is 18.6 Å². The summed E-state index contributed by atoms with van der Waals surface area (Å²) >= 11 is 0. The van der Waals surface area contributed by atoms with E-state index in [1.807, 2.05) is 18.4 Å². The third-order valence-electron chi connectivity index (χ3n) is 5.61. The van der Waals surface area contributed by atoms with Crippen molar-refractivity contribution in [3.8, 4) is 11.4 Å². The fourth-order valence-electron chi connectivity index (χ4n) is 3.94. The van der Waals surface area contributed by atoms with Crippen LogP contribution in [0.15, 0.2) is 18.7 Å². The van der Waals surface area contributed by atoms with Crippen LogP contribution in [-0.2, 0) is 16.1 Å². The molecule has 2 amide bonds. The number of fused-ring (bicyclic) bond motifs is 1. The number of ether oxygens (including phenoxy) is 1. The number of rotatable bonds is 8. The van der Waals surface area contributed by atoms with Crippen LogP contribution in [0.2, 0.25) is 0 Å². The van der Waals surface area contributed by atoms with Crippen LogP contribution in [-0.4, -0.2) is 78.7 Å². The molecule has 180 valence electrons. The van der Waals surface area contributed by atoms with Gasteiger partial charge < -0.3 is 24.8 Å². The molecule has 12 nitrogen and oxygen atoms in total. The number of anilines is 1. The van der Waals surface area contributed by atoms with E-state index < -0.39 is 0 Å². The zero-order valence-corrected chi connectivity index (χ0v) is 19.6. The minimum Gasteiger partial charge on any atom is -0.466 e. The number of aryl methyl sites for hydroxylation is 2. The van der Waals surface area contributed by atoms with Crippen molar-refractivity contribution in [1.29, 1.82) is 0 Å². The quantitative estimate of drug-likeness (QED) is 0.474. The van der Waals surface area contributed by atoms with Gasteiger partial charge in [-0.3, -0.25) is 4.79 Å². The number of nitrogens with one attached hydrogen (secondary N) is 2. The van der Waals surface area contributed by atoms with Gasteiger partial charge in [-0.2, -0.15) is 0 Å². The average Bonchev–Trinajstić information content (AvgIpc) is 3.45. The molecule has 4 heterocycles. The number of hydrogen-bond donors (Lipinski definition) is 2. The van der Waals surface area contributed by atoms with Crippen molar-refractivity contribution in [2.45, 2.75) is 46.2 Å². The predicted octanol–water partition coefficient (Wildman–Crippen LogP) is 1.76. The summed E-state index contributed by atoms with van der Waals surface area (Å²) in [6.45, 7) is 8.01. The third kappa shape index (κ3) is 5.05. The average molecular weight is 468 g/mol. The molecule has 4 rings (SSSR count). The van der Waals surface area contributed by atoms with Crippen molar-refractivity contribution in [3.63, 3.8) is 0 Å². The molecule has 0 spiro atoms. The maximum atomic E-state index is 12.4. The van der Waals surface area contributed by atoms with E-state index in [-0.39, 0.29) is 31.0 Å². The summed E-state index contributed by atoms with van der Waals surface area (Å²) in [5.41, 5.74) is 2.20. The fourth-order valence-corrected chi connectivity index (χ4v) is 3.94. The molecule has 0 aromatic carbocycles. The number of urea groups is 1. The molecule has 1 fully saturated rings. The smallest absolute Gasteiger partial charge is 0.317 e. The lowest BCUT2D eigenvalue weighted by atomic mass is 10.2. The van der Waals surface area contributed by atoms with E-state index in [1.54, 1.807) is 24.2 Å². The van der Waals surface area contributed by atoms with Crippen molar-refractivity contribution in [1.82, 2.24) is 39.7 Å². The number of carbonyl (C=O) groups excluding carboxylic acids is 2. The molecule has 0 aliphatic carbocycles. The number of imidazole rings is 1. The summed E-state index contributed by atoms with van der Waals surface area (Å²) in [6, 6.07) is -0.176. The second kappa shape index (κ2) is 10.4. The first-order chi connectivity index (χ1) is 16.5. The van der Waals surface area contributed by atoms with E-state index in [9.17, 15) is 9.59 Å². The zero-order chi connectivity index (χ0) is 24.1. The van der Waals surface area contributed by atoms with Crippen LogP contribution in [0.3, 0.4) is 0 Å². The van der Waals surface area contributed by atoms with Crippen LogP contribution in [0.5, 0.6) is 0 Å². The number of nitrogens with zero attached hydrogens (tertiary/aromatic N) is 7. The molecule has 0 radical (unpaired) electrons. The second-order valence-electron chi connectivity index (χ2n) is 7.96. The predicted molar refractivity (Wildman–Crippen MR) is 125 cm³/mol. The largest absolute Gasteiger partial charge is 0.466 e. The number of aromatic nitrogens is 6. The molecule has 1 aliphatic rings. The van der Waals surface area contributed by atoms with Crippen molar-refractivity contribution < 1.29 is 14.3 Å². The molecule has 0 bridgehead atoms. The lowest BCUT2D eigenvalue weighted by Crippen LogP contribution is -2.40. The number of carbonyl (C=O) groups is 2. The molecule has 1 atom stereocenters. The first-order valence-corrected chi connectivity index (χ1v) is 11.4. The van der Waals surface area contributed by atoms with Crippen LogP contribution < -0.4 is 10.6 Å². The van der Waals surface area contributed by atoms with E-state index in [0.29, 0.717) is 43.4 Å². The van der Waals surface area contributed by atoms with Gasteiger partial charge in [0.25, 0.3) is 0 Å². The van der Waals surface area contributed by atoms with Crippen LogP contribution in [0.1, 0.15) is 32.5 Å². The van der Waals surface area contributed by atoms with Crippen molar-refractivity contribution in [3.05, 3.63) is 24.5 Å². The summed E-state index contributed by atoms with van der Waals surface area (Å²) in [7, 11) is 0. The number of hydrogen-bond acceptors (Lipinski definition) is 9. The van der Waals surface area contributed by atoms with E-state index in [4.69, 9.17) is 9.72 Å². The van der Waals surface area contributed by atoms with Gasteiger partial charge >= 0.3 is 12.0 Å². The Balaban J connectivity index is 1.44. The van der Waals surface area contributed by atoms with Crippen molar-refractivity contribution >= 4 is 29.0 Å². The zero-order valence-electron chi connectivity index (χ0n) is 19.6. The van der Waals surface area contributed by atoms with Gasteiger partial charge in [-0.15, -0.1) is 0 Å². The number of amides is 2. The van der Waals surface area contributed by atoms with Gasteiger partial charge in [0.2, 0.25) is 0 Å². The Bertz CT molecular complexity index is 1160. The molecule has 0 saturated carbocycles. The highest BCUT2D eigenvalue weighted by atomic mass is 16.5. The summed E-state index contributed by atoms with van der Waals surface area (Å²) in [5.74, 6) is 1.73. The van der Waals surface area contributed by atoms with Crippen molar-refractivity contribution in [2.75, 3.05) is 31.6 Å². The van der Waals surface area contributed by atoms with Gasteiger partial charge in [-0.25, -0.2) is 29.7 Å². The first kappa shape index (κ1) is 23.3. The SMILES string of the molecule is CCOC(=O)CCNC(=O)N1CCC(Nc2ncnc3c2nc(-c2cnc(C)nc2)n3CC)C1. The normalized spacial score (nSPS) is 15.5. The topological polar surface area (TPSA) is 140 Å². The highest BCUT2D eigenvalue weighted by Gasteiger charge is 2.27. The molecular formula is C22H29N9O3. The highest BCUT2D eigenvalue weighted by Crippen LogP contribution is 2.27. The summed E-state index contributed by atoms with van der Waals surface area (Å²) < 4.78 is 6.89. The van der Waals surface area contributed by atoms with E-state index in [2.05, 4.69) is 30.6 Å². The Labute approximate surface area is 197 Å². The Kier molecular flexibility index (Phi) is 7.14. The lowest BCUT2D eigenvalue weighted by Gasteiger charge is -2.18. The Hall–Kier alpha value is -3.83. The van der Waals surface area contributed by atoms with Crippen LogP contribution in [0, 0.1) is 6.92 Å². The second-order valence-corrected chi connectivity index (χ2v) is 7.96. The molecule has 2 N–H and O–H groups in total. The van der Waals surface area contributed by atoms with Gasteiger partial charge in [-0.05, 0) is 27.2 Å². The number of esters is 1. The van der Waals surface area contributed by atoms with Gasteiger partial charge in [0.15, 0.2) is 17.0 Å². The van der Waals surface area contributed by atoms with Crippen LogP contribution in [0.25, 0.3) is 22.6 Å². The molecular weight excluding hydrogens is 438 g/mol. The summed E-state index contributed by atoms with van der Waals surface area (Å²) in [4.78, 5) is 47.9. The lowest BCUT2D eigenvalue weighted by molar-refractivity contribution is -0.142. The van der Waals surface area contributed by atoms with Crippen LogP contribution in [0.4, 0.5) is 10.6 Å². The molecule has 34 heavy (non-hydrogen) atoms.